The summed E-state index contributed by atoms with van der Waals surface area (Å²) in [7, 11) is 1.69. The zero-order valence-corrected chi connectivity index (χ0v) is 12.8. The molecule has 0 spiro atoms. The molecule has 0 amide bonds. The molecular formula is C18H22FNO. The van der Waals surface area contributed by atoms with Gasteiger partial charge >= 0.3 is 0 Å². The molecule has 0 saturated heterocycles. The number of benzene rings is 2. The fourth-order valence-electron chi connectivity index (χ4n) is 2.26. The van der Waals surface area contributed by atoms with Crippen molar-refractivity contribution in [2.45, 2.75) is 33.0 Å². The number of rotatable bonds is 6. The van der Waals surface area contributed by atoms with Gasteiger partial charge in [0.1, 0.15) is 5.82 Å². The second-order valence-corrected chi connectivity index (χ2v) is 5.36. The third kappa shape index (κ3) is 4.38. The summed E-state index contributed by atoms with van der Waals surface area (Å²) in [6.07, 6.45) is 0. The molecule has 2 nitrogen and oxygen atoms in total. The molecule has 1 N–H and O–H groups in total. The fourth-order valence-corrected chi connectivity index (χ4v) is 2.26. The Morgan fingerprint density at radius 1 is 1.14 bits per heavy atom. The quantitative estimate of drug-likeness (QED) is 0.862. The minimum Gasteiger partial charge on any atom is -0.380 e. The van der Waals surface area contributed by atoms with E-state index in [1.165, 1.54) is 5.56 Å². The van der Waals surface area contributed by atoms with Gasteiger partial charge in [0.2, 0.25) is 0 Å². The molecule has 1 atom stereocenters. The van der Waals surface area contributed by atoms with E-state index in [0.29, 0.717) is 12.2 Å². The number of nitrogens with one attached hydrogen (secondary N) is 1. The maximum Gasteiger partial charge on any atom is 0.126 e. The Morgan fingerprint density at radius 2 is 1.90 bits per heavy atom. The van der Waals surface area contributed by atoms with E-state index in [2.05, 4.69) is 17.4 Å². The van der Waals surface area contributed by atoms with Crippen LogP contribution in [0.1, 0.15) is 35.2 Å². The first-order chi connectivity index (χ1) is 10.1. The molecule has 0 aliphatic heterocycles. The summed E-state index contributed by atoms with van der Waals surface area (Å²) >= 11 is 0. The minimum absolute atomic E-state index is 0.103. The van der Waals surface area contributed by atoms with E-state index in [4.69, 9.17) is 4.74 Å². The SMILES string of the molecule is COCc1cccc(CNC(C)c2ccc(C)c(F)c2)c1. The number of hydrogen-bond acceptors (Lipinski definition) is 2. The third-order valence-corrected chi connectivity index (χ3v) is 3.61. The van der Waals surface area contributed by atoms with Gasteiger partial charge in [0.15, 0.2) is 0 Å². The van der Waals surface area contributed by atoms with Gasteiger partial charge in [-0.05, 0) is 42.2 Å². The van der Waals surface area contributed by atoms with Crippen LogP contribution >= 0.6 is 0 Å². The number of ether oxygens (including phenoxy) is 1. The van der Waals surface area contributed by atoms with Crippen molar-refractivity contribution in [1.29, 1.82) is 0 Å². The number of halogens is 1. The van der Waals surface area contributed by atoms with E-state index >= 15 is 0 Å². The van der Waals surface area contributed by atoms with Crippen molar-refractivity contribution < 1.29 is 9.13 Å². The summed E-state index contributed by atoms with van der Waals surface area (Å²) in [6.45, 7) is 5.18. The van der Waals surface area contributed by atoms with Gasteiger partial charge < -0.3 is 10.1 Å². The summed E-state index contributed by atoms with van der Waals surface area (Å²) in [4.78, 5) is 0. The van der Waals surface area contributed by atoms with E-state index in [9.17, 15) is 4.39 Å². The molecule has 3 heteroatoms. The van der Waals surface area contributed by atoms with Gasteiger partial charge in [0, 0.05) is 19.7 Å². The molecule has 1 unspecified atom stereocenters. The van der Waals surface area contributed by atoms with Crippen LogP contribution in [-0.4, -0.2) is 7.11 Å². The zero-order valence-electron chi connectivity index (χ0n) is 12.8. The highest BCUT2D eigenvalue weighted by Crippen LogP contribution is 2.17. The summed E-state index contributed by atoms with van der Waals surface area (Å²) < 4.78 is 18.7. The molecule has 2 rings (SSSR count). The number of aryl methyl sites for hydroxylation is 1. The van der Waals surface area contributed by atoms with E-state index in [1.54, 1.807) is 20.1 Å². The maximum atomic E-state index is 13.6. The van der Waals surface area contributed by atoms with Crippen molar-refractivity contribution in [3.63, 3.8) is 0 Å². The Balaban J connectivity index is 1.98. The summed E-state index contributed by atoms with van der Waals surface area (Å²) in [6, 6.07) is 13.8. The largest absolute Gasteiger partial charge is 0.380 e. The van der Waals surface area contributed by atoms with E-state index < -0.39 is 0 Å². The Bertz CT molecular complexity index is 598. The molecule has 21 heavy (non-hydrogen) atoms. The molecule has 0 aliphatic rings. The highest BCUT2D eigenvalue weighted by Gasteiger charge is 2.07. The topological polar surface area (TPSA) is 21.3 Å². The molecule has 0 radical (unpaired) electrons. The Morgan fingerprint density at radius 3 is 2.62 bits per heavy atom. The van der Waals surface area contributed by atoms with Crippen molar-refractivity contribution >= 4 is 0 Å². The van der Waals surface area contributed by atoms with Crippen LogP contribution in [0.15, 0.2) is 42.5 Å². The van der Waals surface area contributed by atoms with Gasteiger partial charge in [-0.25, -0.2) is 4.39 Å². The fraction of sp³-hybridized carbons (Fsp3) is 0.333. The van der Waals surface area contributed by atoms with Crippen LogP contribution in [0.25, 0.3) is 0 Å². The Kier molecular flexibility index (Phi) is 5.48. The van der Waals surface area contributed by atoms with Crippen LogP contribution in [0.3, 0.4) is 0 Å². The second kappa shape index (κ2) is 7.34. The van der Waals surface area contributed by atoms with Crippen LogP contribution in [0.2, 0.25) is 0 Å². The highest BCUT2D eigenvalue weighted by molar-refractivity contribution is 5.26. The smallest absolute Gasteiger partial charge is 0.126 e. The lowest BCUT2D eigenvalue weighted by Crippen LogP contribution is -2.18. The van der Waals surface area contributed by atoms with Crippen LogP contribution in [0.5, 0.6) is 0 Å². The lowest BCUT2D eigenvalue weighted by atomic mass is 10.1. The molecule has 2 aromatic rings. The maximum absolute atomic E-state index is 13.6. The van der Waals surface area contributed by atoms with Crippen molar-refractivity contribution in [2.24, 2.45) is 0 Å². The lowest BCUT2D eigenvalue weighted by Gasteiger charge is -2.15. The Labute approximate surface area is 126 Å². The van der Waals surface area contributed by atoms with Gasteiger partial charge in [-0.3, -0.25) is 0 Å². The predicted octanol–water partition coefficient (Wildman–Crippen LogP) is 4.13. The van der Waals surface area contributed by atoms with Gasteiger partial charge in [0.25, 0.3) is 0 Å². The zero-order chi connectivity index (χ0) is 15.2. The van der Waals surface area contributed by atoms with E-state index in [0.717, 1.165) is 17.7 Å². The first kappa shape index (κ1) is 15.7. The average Bonchev–Trinajstić information content (AvgIpc) is 2.48. The van der Waals surface area contributed by atoms with Crippen LogP contribution in [0.4, 0.5) is 4.39 Å². The van der Waals surface area contributed by atoms with Gasteiger partial charge in [-0.15, -0.1) is 0 Å². The van der Waals surface area contributed by atoms with Crippen molar-refractivity contribution in [2.75, 3.05) is 7.11 Å². The average molecular weight is 287 g/mol. The van der Waals surface area contributed by atoms with Gasteiger partial charge in [-0.2, -0.15) is 0 Å². The molecule has 0 aromatic heterocycles. The normalized spacial score (nSPS) is 12.4. The van der Waals surface area contributed by atoms with Crippen molar-refractivity contribution in [1.82, 2.24) is 5.32 Å². The van der Waals surface area contributed by atoms with E-state index in [-0.39, 0.29) is 11.9 Å². The van der Waals surface area contributed by atoms with Crippen LogP contribution in [0, 0.1) is 12.7 Å². The van der Waals surface area contributed by atoms with Gasteiger partial charge in [0.05, 0.1) is 6.61 Å². The minimum atomic E-state index is -0.150. The standard InChI is InChI=1S/C18H22FNO/c1-13-7-8-17(10-18(13)19)14(2)20-11-15-5-4-6-16(9-15)12-21-3/h4-10,14,20H,11-12H2,1-3H3. The molecule has 112 valence electrons. The summed E-state index contributed by atoms with van der Waals surface area (Å²) in [5.74, 6) is -0.150. The predicted molar refractivity (Wildman–Crippen MR) is 83.5 cm³/mol. The monoisotopic (exact) mass is 287 g/mol. The van der Waals surface area contributed by atoms with Gasteiger partial charge in [-0.1, -0.05) is 36.4 Å². The molecule has 0 fully saturated rings. The first-order valence-corrected chi connectivity index (χ1v) is 7.16. The number of methoxy groups -OCH3 is 1. The summed E-state index contributed by atoms with van der Waals surface area (Å²) in [5, 5.41) is 3.42. The van der Waals surface area contributed by atoms with E-state index in [1.807, 2.05) is 31.2 Å². The molecule has 0 heterocycles. The molecular weight excluding hydrogens is 265 g/mol. The highest BCUT2D eigenvalue weighted by atomic mass is 19.1. The number of hydrogen-bond donors (Lipinski definition) is 1. The first-order valence-electron chi connectivity index (χ1n) is 7.16. The van der Waals surface area contributed by atoms with Crippen LogP contribution in [-0.2, 0) is 17.9 Å². The van der Waals surface area contributed by atoms with Crippen LogP contribution < -0.4 is 5.32 Å². The van der Waals surface area contributed by atoms with Crippen molar-refractivity contribution in [3.8, 4) is 0 Å². The molecule has 0 saturated carbocycles. The second-order valence-electron chi connectivity index (χ2n) is 5.36. The van der Waals surface area contributed by atoms with Crippen molar-refractivity contribution in [3.05, 3.63) is 70.5 Å². The lowest BCUT2D eigenvalue weighted by molar-refractivity contribution is 0.185. The molecule has 2 aromatic carbocycles. The third-order valence-electron chi connectivity index (χ3n) is 3.61. The molecule has 0 bridgehead atoms. The Hall–Kier alpha value is -1.71. The molecule has 0 aliphatic carbocycles. The summed E-state index contributed by atoms with van der Waals surface area (Å²) in [5.41, 5.74) is 4.00.